The second-order valence-electron chi connectivity index (χ2n) is 7.13. The lowest BCUT2D eigenvalue weighted by molar-refractivity contribution is 0.862. The zero-order chi connectivity index (χ0) is 18.1. The Morgan fingerprint density at radius 3 is 2.23 bits per heavy atom. The number of benzene rings is 2. The molecular formula is C24H24N2. The van der Waals surface area contributed by atoms with Crippen molar-refractivity contribution in [3.63, 3.8) is 0 Å². The number of hydrogen-bond acceptors (Lipinski definition) is 1. The Kier molecular flexibility index (Phi) is 4.34. The molecule has 130 valence electrons. The van der Waals surface area contributed by atoms with Crippen LogP contribution in [0, 0.1) is 20.8 Å². The molecule has 0 amide bonds. The monoisotopic (exact) mass is 340 g/mol. The van der Waals surface area contributed by atoms with Crippen LogP contribution in [0.4, 0.5) is 0 Å². The molecule has 0 saturated carbocycles. The molecule has 26 heavy (non-hydrogen) atoms. The molecule has 0 unspecified atom stereocenters. The van der Waals surface area contributed by atoms with Crippen molar-refractivity contribution < 1.29 is 0 Å². The topological polar surface area (TPSA) is 17.8 Å². The van der Waals surface area contributed by atoms with Gasteiger partial charge in [0.05, 0.1) is 0 Å². The molecule has 0 bridgehead atoms. The molecule has 2 nitrogen and oxygen atoms in total. The van der Waals surface area contributed by atoms with E-state index in [2.05, 4.69) is 92.1 Å². The van der Waals surface area contributed by atoms with Crippen LogP contribution < -0.4 is 0 Å². The summed E-state index contributed by atoms with van der Waals surface area (Å²) >= 11 is 0. The fraction of sp³-hybridized carbons (Fsp3) is 0.208. The Labute approximate surface area is 155 Å². The predicted molar refractivity (Wildman–Crippen MR) is 109 cm³/mol. The van der Waals surface area contributed by atoms with Crippen LogP contribution in [0.1, 0.15) is 28.2 Å². The summed E-state index contributed by atoms with van der Waals surface area (Å²) in [5.41, 5.74) is 6.22. The molecule has 2 aromatic heterocycles. The van der Waals surface area contributed by atoms with Gasteiger partial charge in [-0.3, -0.25) is 0 Å². The molecule has 0 aliphatic heterocycles. The second kappa shape index (κ2) is 6.80. The highest BCUT2D eigenvalue weighted by atomic mass is 15.1. The van der Waals surface area contributed by atoms with E-state index in [1.165, 1.54) is 33.3 Å². The number of pyridine rings is 1. The Hall–Kier alpha value is -2.87. The number of hydrogen-bond donors (Lipinski definition) is 0. The maximum atomic E-state index is 4.94. The average molecular weight is 340 g/mol. The predicted octanol–water partition coefficient (Wildman–Crippen LogP) is 5.74. The van der Waals surface area contributed by atoms with Crippen molar-refractivity contribution in [1.82, 2.24) is 9.55 Å². The Bertz CT molecular complexity index is 1050. The summed E-state index contributed by atoms with van der Waals surface area (Å²) in [5, 5.41) is 2.60. The highest BCUT2D eigenvalue weighted by Gasteiger charge is 2.08. The van der Waals surface area contributed by atoms with E-state index in [-0.39, 0.29) is 0 Å². The fourth-order valence-corrected chi connectivity index (χ4v) is 3.66. The number of rotatable bonds is 4. The first-order chi connectivity index (χ1) is 12.6. The van der Waals surface area contributed by atoms with Crippen LogP contribution >= 0.6 is 0 Å². The van der Waals surface area contributed by atoms with Gasteiger partial charge in [-0.2, -0.15) is 0 Å². The molecule has 0 saturated heterocycles. The molecule has 0 fully saturated rings. The van der Waals surface area contributed by atoms with Crippen LogP contribution in [0.3, 0.4) is 0 Å². The first-order valence-corrected chi connectivity index (χ1v) is 9.21. The molecule has 0 aliphatic carbocycles. The van der Waals surface area contributed by atoms with Crippen molar-refractivity contribution in [2.75, 3.05) is 0 Å². The molecule has 0 spiro atoms. The number of fused-ring (bicyclic) bond motifs is 1. The molecule has 4 aromatic rings. The largest absolute Gasteiger partial charge is 0.303 e. The van der Waals surface area contributed by atoms with Gasteiger partial charge in [-0.25, -0.2) is 4.98 Å². The molecule has 0 N–H and O–H groups in total. The van der Waals surface area contributed by atoms with Gasteiger partial charge in [0.1, 0.15) is 5.82 Å². The van der Waals surface area contributed by atoms with Crippen molar-refractivity contribution in [1.29, 1.82) is 0 Å². The minimum atomic E-state index is 0.951. The minimum absolute atomic E-state index is 0.951. The van der Waals surface area contributed by atoms with Crippen molar-refractivity contribution >= 4 is 10.8 Å². The smallest absolute Gasteiger partial charge is 0.137 e. The third-order valence-electron chi connectivity index (χ3n) is 4.99. The Morgan fingerprint density at radius 2 is 1.46 bits per heavy atom. The number of aryl methyl sites for hydroxylation is 5. The van der Waals surface area contributed by atoms with E-state index >= 15 is 0 Å². The Balaban J connectivity index is 1.60. The third kappa shape index (κ3) is 3.28. The van der Waals surface area contributed by atoms with Crippen LogP contribution in [0.25, 0.3) is 16.6 Å². The number of aromatic nitrogens is 2. The summed E-state index contributed by atoms with van der Waals surface area (Å²) < 4.78 is 2.23. The molecule has 0 aliphatic rings. The summed E-state index contributed by atoms with van der Waals surface area (Å²) in [7, 11) is 0. The minimum Gasteiger partial charge on any atom is -0.303 e. The molecule has 2 heterocycles. The van der Waals surface area contributed by atoms with E-state index in [0.29, 0.717) is 0 Å². The zero-order valence-corrected chi connectivity index (χ0v) is 15.7. The Morgan fingerprint density at radius 1 is 0.731 bits per heavy atom. The van der Waals surface area contributed by atoms with Gasteiger partial charge < -0.3 is 4.57 Å². The van der Waals surface area contributed by atoms with Crippen LogP contribution in [-0.2, 0) is 12.8 Å². The van der Waals surface area contributed by atoms with E-state index in [1.54, 1.807) is 0 Å². The molecule has 4 rings (SSSR count). The maximum Gasteiger partial charge on any atom is 0.137 e. The van der Waals surface area contributed by atoms with E-state index in [4.69, 9.17) is 4.98 Å². The van der Waals surface area contributed by atoms with Crippen molar-refractivity contribution in [2.24, 2.45) is 0 Å². The quantitative estimate of drug-likeness (QED) is 0.463. The summed E-state index contributed by atoms with van der Waals surface area (Å²) in [5.74, 6) is 1.03. The lowest BCUT2D eigenvalue weighted by Gasteiger charge is -2.12. The SMILES string of the molecule is Cc1cc(CCc2ccc3ccccc3c2)nc(-n2c(C)ccc2C)c1. The van der Waals surface area contributed by atoms with Crippen molar-refractivity contribution in [3.05, 3.63) is 94.9 Å². The zero-order valence-electron chi connectivity index (χ0n) is 15.7. The first kappa shape index (κ1) is 16.6. The third-order valence-corrected chi connectivity index (χ3v) is 4.99. The van der Waals surface area contributed by atoms with Gasteiger partial charge in [0, 0.05) is 17.1 Å². The highest BCUT2D eigenvalue weighted by molar-refractivity contribution is 5.82. The lowest BCUT2D eigenvalue weighted by atomic mass is 10.0. The second-order valence-corrected chi connectivity index (χ2v) is 7.13. The van der Waals surface area contributed by atoms with Gasteiger partial charge in [0.25, 0.3) is 0 Å². The van der Waals surface area contributed by atoms with Crippen molar-refractivity contribution in [2.45, 2.75) is 33.6 Å². The first-order valence-electron chi connectivity index (χ1n) is 9.21. The summed E-state index contributed by atoms with van der Waals surface area (Å²) in [6, 6.07) is 23.9. The molecular weight excluding hydrogens is 316 g/mol. The average Bonchev–Trinajstić information content (AvgIpc) is 2.98. The van der Waals surface area contributed by atoms with Gasteiger partial charge in [-0.05, 0) is 79.8 Å². The van der Waals surface area contributed by atoms with Crippen LogP contribution in [0.5, 0.6) is 0 Å². The maximum absolute atomic E-state index is 4.94. The summed E-state index contributed by atoms with van der Waals surface area (Å²) in [6.45, 7) is 6.41. The summed E-state index contributed by atoms with van der Waals surface area (Å²) in [6.07, 6.45) is 1.96. The van der Waals surface area contributed by atoms with Gasteiger partial charge in [-0.1, -0.05) is 42.5 Å². The van der Waals surface area contributed by atoms with Crippen LogP contribution in [-0.4, -0.2) is 9.55 Å². The summed E-state index contributed by atoms with van der Waals surface area (Å²) in [4.78, 5) is 4.94. The molecule has 0 radical (unpaired) electrons. The van der Waals surface area contributed by atoms with Gasteiger partial charge in [0.2, 0.25) is 0 Å². The van der Waals surface area contributed by atoms with E-state index in [1.807, 2.05) is 0 Å². The van der Waals surface area contributed by atoms with E-state index < -0.39 is 0 Å². The van der Waals surface area contributed by atoms with Crippen LogP contribution in [0.15, 0.2) is 66.7 Å². The van der Waals surface area contributed by atoms with Crippen LogP contribution in [0.2, 0.25) is 0 Å². The molecule has 0 atom stereocenters. The normalized spacial score (nSPS) is 11.2. The van der Waals surface area contributed by atoms with E-state index in [0.717, 1.165) is 24.4 Å². The molecule has 2 aromatic carbocycles. The molecule has 2 heteroatoms. The van der Waals surface area contributed by atoms with E-state index in [9.17, 15) is 0 Å². The van der Waals surface area contributed by atoms with Crippen molar-refractivity contribution in [3.8, 4) is 5.82 Å². The van der Waals surface area contributed by atoms with Gasteiger partial charge in [-0.15, -0.1) is 0 Å². The van der Waals surface area contributed by atoms with Gasteiger partial charge >= 0.3 is 0 Å². The fourth-order valence-electron chi connectivity index (χ4n) is 3.66. The number of nitrogens with zero attached hydrogens (tertiary/aromatic N) is 2. The highest BCUT2D eigenvalue weighted by Crippen LogP contribution is 2.19. The lowest BCUT2D eigenvalue weighted by Crippen LogP contribution is -2.05. The standard InChI is InChI=1S/C24H24N2/c1-17-14-23(25-24(15-17)26-18(2)8-9-19(26)3)13-11-20-10-12-21-6-4-5-7-22(21)16-20/h4-10,12,14-16H,11,13H2,1-3H3. The van der Waals surface area contributed by atoms with Gasteiger partial charge in [0.15, 0.2) is 0 Å².